The van der Waals surface area contributed by atoms with Crippen molar-refractivity contribution >= 4 is 17.2 Å². The zero-order valence-corrected chi connectivity index (χ0v) is 11.1. The second-order valence-corrected chi connectivity index (χ2v) is 4.64. The summed E-state index contributed by atoms with van der Waals surface area (Å²) in [5.41, 5.74) is 7.29. The molecule has 0 heterocycles. The molecular formula is C14H16N2OS. The topological polar surface area (TPSA) is 33.3 Å². The first-order valence-corrected chi connectivity index (χ1v) is 6.40. The van der Waals surface area contributed by atoms with E-state index in [1.165, 1.54) is 6.42 Å². The normalized spacial score (nSPS) is 14.4. The first-order chi connectivity index (χ1) is 8.74. The Morgan fingerprint density at radius 3 is 2.83 bits per heavy atom. The standard InChI is InChI=1S/C14H16N2OS/c1-3-10-9-11(14(18)16-15-2)7-8-13(10)17-12-5-4-6-12/h1,7-9,12,15H,4-6H2,2H3,(H,16,18). The van der Waals surface area contributed by atoms with E-state index in [9.17, 15) is 0 Å². The molecule has 0 amide bonds. The minimum absolute atomic E-state index is 0.324. The highest BCUT2D eigenvalue weighted by atomic mass is 32.1. The van der Waals surface area contributed by atoms with E-state index < -0.39 is 0 Å². The van der Waals surface area contributed by atoms with E-state index in [1.54, 1.807) is 7.05 Å². The molecule has 0 unspecified atom stereocenters. The second kappa shape index (κ2) is 5.85. The van der Waals surface area contributed by atoms with Gasteiger partial charge in [0.1, 0.15) is 10.7 Å². The van der Waals surface area contributed by atoms with E-state index in [0.717, 1.165) is 29.7 Å². The molecule has 1 aliphatic rings. The summed E-state index contributed by atoms with van der Waals surface area (Å²) in [4.78, 5) is 0.615. The molecule has 94 valence electrons. The van der Waals surface area contributed by atoms with Gasteiger partial charge >= 0.3 is 0 Å². The van der Waals surface area contributed by atoms with Crippen LogP contribution < -0.4 is 15.6 Å². The molecule has 0 atom stereocenters. The number of thiocarbonyl (C=S) groups is 1. The molecule has 0 aromatic heterocycles. The van der Waals surface area contributed by atoms with Crippen molar-refractivity contribution in [2.24, 2.45) is 0 Å². The zero-order valence-electron chi connectivity index (χ0n) is 10.3. The van der Waals surface area contributed by atoms with Gasteiger partial charge in [-0.1, -0.05) is 18.1 Å². The van der Waals surface area contributed by atoms with Gasteiger partial charge in [0.25, 0.3) is 0 Å². The number of benzene rings is 1. The van der Waals surface area contributed by atoms with E-state index in [4.69, 9.17) is 23.4 Å². The minimum Gasteiger partial charge on any atom is -0.489 e. The van der Waals surface area contributed by atoms with E-state index in [1.807, 2.05) is 18.2 Å². The van der Waals surface area contributed by atoms with Crippen LogP contribution in [0.5, 0.6) is 5.75 Å². The molecule has 1 saturated carbocycles. The maximum atomic E-state index is 5.85. The third kappa shape index (κ3) is 2.81. The summed E-state index contributed by atoms with van der Waals surface area (Å²) < 4.78 is 5.85. The van der Waals surface area contributed by atoms with Crippen LogP contribution in [0.15, 0.2) is 18.2 Å². The van der Waals surface area contributed by atoms with Gasteiger partial charge in [-0.3, -0.25) is 0 Å². The molecule has 1 aromatic carbocycles. The lowest BCUT2D eigenvalue weighted by Crippen LogP contribution is -2.33. The first kappa shape index (κ1) is 12.9. The molecular weight excluding hydrogens is 244 g/mol. The van der Waals surface area contributed by atoms with Gasteiger partial charge in [-0.05, 0) is 37.5 Å². The Kier molecular flexibility index (Phi) is 4.19. The lowest BCUT2D eigenvalue weighted by Gasteiger charge is -2.27. The Bertz CT molecular complexity index is 489. The van der Waals surface area contributed by atoms with E-state index in [0.29, 0.717) is 11.1 Å². The molecule has 2 N–H and O–H groups in total. The van der Waals surface area contributed by atoms with Gasteiger partial charge in [0, 0.05) is 12.6 Å². The lowest BCUT2D eigenvalue weighted by molar-refractivity contribution is 0.120. The summed E-state index contributed by atoms with van der Waals surface area (Å²) in [5.74, 6) is 3.43. The highest BCUT2D eigenvalue weighted by molar-refractivity contribution is 7.80. The molecule has 0 spiro atoms. The van der Waals surface area contributed by atoms with Crippen LogP contribution in [0.2, 0.25) is 0 Å². The summed E-state index contributed by atoms with van der Waals surface area (Å²) >= 11 is 5.21. The SMILES string of the molecule is C#Cc1cc(C(=S)NNC)ccc1OC1CCC1. The van der Waals surface area contributed by atoms with Gasteiger partial charge in [0.05, 0.1) is 11.7 Å². The molecule has 1 fully saturated rings. The number of ether oxygens (including phenoxy) is 1. The van der Waals surface area contributed by atoms with Crippen LogP contribution in [-0.2, 0) is 0 Å². The third-order valence-corrected chi connectivity index (χ3v) is 3.32. The van der Waals surface area contributed by atoms with Crippen molar-refractivity contribution in [2.75, 3.05) is 7.05 Å². The van der Waals surface area contributed by atoms with Crippen LogP contribution in [0.25, 0.3) is 0 Å². The minimum atomic E-state index is 0.324. The van der Waals surface area contributed by atoms with Crippen molar-refractivity contribution < 1.29 is 4.74 Å². The number of hydrogen-bond acceptors (Lipinski definition) is 3. The molecule has 0 saturated heterocycles. The van der Waals surface area contributed by atoms with Crippen LogP contribution >= 0.6 is 12.2 Å². The highest BCUT2D eigenvalue weighted by Gasteiger charge is 2.20. The molecule has 0 radical (unpaired) electrons. The van der Waals surface area contributed by atoms with Crippen LogP contribution in [0.3, 0.4) is 0 Å². The van der Waals surface area contributed by atoms with Gasteiger partial charge in [-0.25, -0.2) is 5.43 Å². The molecule has 18 heavy (non-hydrogen) atoms. The molecule has 2 rings (SSSR count). The van der Waals surface area contributed by atoms with Crippen LogP contribution in [0.1, 0.15) is 30.4 Å². The maximum Gasteiger partial charge on any atom is 0.135 e. The molecule has 0 bridgehead atoms. The lowest BCUT2D eigenvalue weighted by atomic mass is 9.96. The summed E-state index contributed by atoms with van der Waals surface area (Å²) in [6.45, 7) is 0. The predicted octanol–water partition coefficient (Wildman–Crippen LogP) is 2.00. The van der Waals surface area contributed by atoms with Crippen molar-refractivity contribution in [2.45, 2.75) is 25.4 Å². The number of hydrazine groups is 1. The van der Waals surface area contributed by atoms with Gasteiger partial charge in [-0.2, -0.15) is 0 Å². The maximum absolute atomic E-state index is 5.85. The third-order valence-electron chi connectivity index (χ3n) is 2.98. The monoisotopic (exact) mass is 260 g/mol. The van der Waals surface area contributed by atoms with Crippen molar-refractivity contribution in [3.8, 4) is 18.1 Å². The van der Waals surface area contributed by atoms with Gasteiger partial charge in [-0.15, -0.1) is 6.42 Å². The summed E-state index contributed by atoms with van der Waals surface area (Å²) in [6, 6.07) is 5.69. The smallest absolute Gasteiger partial charge is 0.135 e. The van der Waals surface area contributed by atoms with E-state index in [-0.39, 0.29) is 0 Å². The first-order valence-electron chi connectivity index (χ1n) is 5.99. The van der Waals surface area contributed by atoms with Gasteiger partial charge in [0.15, 0.2) is 0 Å². The Hall–Kier alpha value is -1.57. The van der Waals surface area contributed by atoms with Crippen LogP contribution in [0, 0.1) is 12.3 Å². The Morgan fingerprint density at radius 1 is 1.50 bits per heavy atom. The fourth-order valence-corrected chi connectivity index (χ4v) is 1.97. The summed E-state index contributed by atoms with van der Waals surface area (Å²) in [6.07, 6.45) is 9.32. The molecule has 1 aliphatic carbocycles. The largest absolute Gasteiger partial charge is 0.489 e. The number of terminal acetylenes is 1. The fourth-order valence-electron chi connectivity index (χ4n) is 1.74. The molecule has 0 aliphatic heterocycles. The van der Waals surface area contributed by atoms with E-state index >= 15 is 0 Å². The van der Waals surface area contributed by atoms with Crippen molar-refractivity contribution in [3.05, 3.63) is 29.3 Å². The van der Waals surface area contributed by atoms with Crippen molar-refractivity contribution in [1.29, 1.82) is 0 Å². The fraction of sp³-hybridized carbons (Fsp3) is 0.357. The Balaban J connectivity index is 2.17. The average molecular weight is 260 g/mol. The van der Waals surface area contributed by atoms with Crippen molar-refractivity contribution in [1.82, 2.24) is 10.9 Å². The Labute approximate surface area is 113 Å². The average Bonchev–Trinajstić information content (AvgIpc) is 2.34. The van der Waals surface area contributed by atoms with Gasteiger partial charge < -0.3 is 10.2 Å². The molecule has 3 nitrogen and oxygen atoms in total. The van der Waals surface area contributed by atoms with Crippen molar-refractivity contribution in [3.63, 3.8) is 0 Å². The quantitative estimate of drug-likeness (QED) is 0.493. The van der Waals surface area contributed by atoms with Crippen LogP contribution in [-0.4, -0.2) is 18.1 Å². The van der Waals surface area contributed by atoms with Gasteiger partial charge in [0.2, 0.25) is 0 Å². The number of rotatable bonds is 4. The van der Waals surface area contributed by atoms with Crippen LogP contribution in [0.4, 0.5) is 0 Å². The molecule has 1 aromatic rings. The zero-order chi connectivity index (χ0) is 13.0. The second-order valence-electron chi connectivity index (χ2n) is 4.23. The number of nitrogens with one attached hydrogen (secondary N) is 2. The number of hydrogen-bond donors (Lipinski definition) is 2. The molecule has 4 heteroatoms. The summed E-state index contributed by atoms with van der Waals surface area (Å²) in [7, 11) is 1.77. The highest BCUT2D eigenvalue weighted by Crippen LogP contribution is 2.28. The Morgan fingerprint density at radius 2 is 2.28 bits per heavy atom. The summed E-state index contributed by atoms with van der Waals surface area (Å²) in [5, 5.41) is 0. The van der Waals surface area contributed by atoms with E-state index in [2.05, 4.69) is 16.8 Å². The predicted molar refractivity (Wildman–Crippen MR) is 76.5 cm³/mol.